The van der Waals surface area contributed by atoms with Crippen molar-refractivity contribution in [2.75, 3.05) is 24.6 Å². The van der Waals surface area contributed by atoms with Crippen LogP contribution in [-0.2, 0) is 16.4 Å². The first-order valence-corrected chi connectivity index (χ1v) is 9.66. The first-order valence-electron chi connectivity index (χ1n) is 7.46. The third-order valence-electron chi connectivity index (χ3n) is 3.59. The monoisotopic (exact) mass is 343 g/mol. The lowest BCUT2D eigenvalue weighted by Gasteiger charge is -2.14. The molecule has 0 radical (unpaired) electrons. The van der Waals surface area contributed by atoms with Crippen molar-refractivity contribution in [2.45, 2.75) is 19.9 Å². The number of rotatable bonds is 5. The van der Waals surface area contributed by atoms with Crippen LogP contribution in [0.3, 0.4) is 0 Å². The first-order chi connectivity index (χ1) is 10.5. The maximum Gasteiger partial charge on any atom is 0.191 e. The fraction of sp³-hybridized carbons (Fsp3) is 0.533. The number of aliphatic imine (C=N–C) groups is 1. The molecule has 1 saturated heterocycles. The molecule has 1 fully saturated rings. The van der Waals surface area contributed by atoms with Crippen LogP contribution in [0.4, 0.5) is 0 Å². The molecule has 22 heavy (non-hydrogen) atoms. The Labute approximate surface area is 137 Å². The van der Waals surface area contributed by atoms with Crippen molar-refractivity contribution in [3.63, 3.8) is 0 Å². The fourth-order valence-electron chi connectivity index (χ4n) is 2.41. The van der Waals surface area contributed by atoms with Crippen LogP contribution in [0.5, 0.6) is 0 Å². The van der Waals surface area contributed by atoms with Gasteiger partial charge in [0.2, 0.25) is 0 Å². The third kappa shape index (κ3) is 5.18. The maximum absolute atomic E-state index is 11.5. The van der Waals surface area contributed by atoms with Crippen LogP contribution in [0, 0.1) is 5.92 Å². The molecule has 1 unspecified atom stereocenters. The number of nitrogens with one attached hydrogen (secondary N) is 2. The molecule has 1 aromatic carbocycles. The third-order valence-corrected chi connectivity index (χ3v) is 5.80. The van der Waals surface area contributed by atoms with Gasteiger partial charge in [-0.15, -0.1) is 0 Å². The lowest BCUT2D eigenvalue weighted by molar-refractivity contribution is 0.567. The summed E-state index contributed by atoms with van der Waals surface area (Å²) in [5.74, 6) is 1.41. The van der Waals surface area contributed by atoms with Crippen LogP contribution in [0.15, 0.2) is 29.3 Å². The molecule has 1 aliphatic rings. The molecular formula is C15H22ClN3O2S. The van der Waals surface area contributed by atoms with Gasteiger partial charge in [0.1, 0.15) is 0 Å². The molecule has 1 aromatic rings. The zero-order valence-corrected chi connectivity index (χ0v) is 14.3. The van der Waals surface area contributed by atoms with Gasteiger partial charge in [0, 0.05) is 18.1 Å². The highest BCUT2D eigenvalue weighted by molar-refractivity contribution is 7.91. The van der Waals surface area contributed by atoms with Gasteiger partial charge in [-0.3, -0.25) is 0 Å². The minimum Gasteiger partial charge on any atom is -0.357 e. The quantitative estimate of drug-likeness (QED) is 0.632. The molecule has 2 N–H and O–H groups in total. The number of halogens is 1. The van der Waals surface area contributed by atoms with Gasteiger partial charge in [-0.05, 0) is 30.9 Å². The summed E-state index contributed by atoms with van der Waals surface area (Å²) in [6, 6.07) is 7.61. The number of nitrogens with zero attached hydrogens (tertiary/aromatic N) is 1. The van der Waals surface area contributed by atoms with Gasteiger partial charge in [-0.1, -0.05) is 29.8 Å². The van der Waals surface area contributed by atoms with E-state index in [-0.39, 0.29) is 11.7 Å². The van der Waals surface area contributed by atoms with E-state index in [0.29, 0.717) is 29.8 Å². The molecule has 0 amide bonds. The molecule has 0 bridgehead atoms. The Morgan fingerprint density at radius 3 is 2.77 bits per heavy atom. The van der Waals surface area contributed by atoms with E-state index in [0.717, 1.165) is 18.5 Å². The minimum atomic E-state index is -2.83. The van der Waals surface area contributed by atoms with Gasteiger partial charge in [0.25, 0.3) is 0 Å². The average Bonchev–Trinajstić information content (AvgIpc) is 2.83. The Hall–Kier alpha value is -1.27. The second-order valence-corrected chi connectivity index (χ2v) is 8.07. The Kier molecular flexibility index (Phi) is 6.08. The van der Waals surface area contributed by atoms with E-state index >= 15 is 0 Å². The molecule has 5 nitrogen and oxygen atoms in total. The van der Waals surface area contributed by atoms with Crippen molar-refractivity contribution in [1.82, 2.24) is 10.6 Å². The number of hydrogen-bond acceptors (Lipinski definition) is 3. The molecule has 0 saturated carbocycles. The summed E-state index contributed by atoms with van der Waals surface area (Å²) in [7, 11) is -2.83. The zero-order chi connectivity index (χ0) is 16.0. The Morgan fingerprint density at radius 2 is 2.14 bits per heavy atom. The predicted molar refractivity (Wildman–Crippen MR) is 91.0 cm³/mol. The van der Waals surface area contributed by atoms with Crippen LogP contribution in [0.25, 0.3) is 0 Å². The zero-order valence-electron chi connectivity index (χ0n) is 12.7. The van der Waals surface area contributed by atoms with Crippen molar-refractivity contribution in [2.24, 2.45) is 10.9 Å². The van der Waals surface area contributed by atoms with Crippen LogP contribution in [-0.4, -0.2) is 39.0 Å². The summed E-state index contributed by atoms with van der Waals surface area (Å²) < 4.78 is 22.9. The van der Waals surface area contributed by atoms with Crippen molar-refractivity contribution in [3.8, 4) is 0 Å². The highest BCUT2D eigenvalue weighted by Gasteiger charge is 2.27. The number of benzene rings is 1. The predicted octanol–water partition coefficient (Wildman–Crippen LogP) is 1.83. The average molecular weight is 344 g/mol. The molecule has 0 spiro atoms. The molecule has 1 aliphatic heterocycles. The first kappa shape index (κ1) is 17.1. The second-order valence-electron chi connectivity index (χ2n) is 5.44. The van der Waals surface area contributed by atoms with E-state index in [2.05, 4.69) is 15.6 Å². The lowest BCUT2D eigenvalue weighted by atomic mass is 10.1. The Balaban J connectivity index is 1.92. The molecule has 122 valence electrons. The summed E-state index contributed by atoms with van der Waals surface area (Å²) in [4.78, 5) is 4.50. The smallest absolute Gasteiger partial charge is 0.191 e. The van der Waals surface area contributed by atoms with Gasteiger partial charge in [-0.25, -0.2) is 13.4 Å². The van der Waals surface area contributed by atoms with E-state index in [1.54, 1.807) is 0 Å². The van der Waals surface area contributed by atoms with Crippen LogP contribution in [0.2, 0.25) is 5.02 Å². The highest BCUT2D eigenvalue weighted by atomic mass is 35.5. The van der Waals surface area contributed by atoms with Crippen molar-refractivity contribution < 1.29 is 8.42 Å². The summed E-state index contributed by atoms with van der Waals surface area (Å²) >= 11 is 6.12. The standard InChI is InChI=1S/C15H22ClN3O2S/c1-2-17-15(18-9-12-7-8-22(20,21)11-12)19-10-13-5-3-4-6-14(13)16/h3-6,12H,2,7-11H2,1H3,(H2,17,18,19). The van der Waals surface area contributed by atoms with Gasteiger partial charge in [-0.2, -0.15) is 0 Å². The van der Waals surface area contributed by atoms with Crippen molar-refractivity contribution in [3.05, 3.63) is 34.9 Å². The lowest BCUT2D eigenvalue weighted by Crippen LogP contribution is -2.40. The molecular weight excluding hydrogens is 322 g/mol. The fourth-order valence-corrected chi connectivity index (χ4v) is 4.46. The van der Waals surface area contributed by atoms with Gasteiger partial charge >= 0.3 is 0 Å². The maximum atomic E-state index is 11.5. The van der Waals surface area contributed by atoms with E-state index in [9.17, 15) is 8.42 Å². The van der Waals surface area contributed by atoms with E-state index < -0.39 is 9.84 Å². The normalized spacial score (nSPS) is 20.8. The highest BCUT2D eigenvalue weighted by Crippen LogP contribution is 2.17. The molecule has 0 aromatic heterocycles. The minimum absolute atomic E-state index is 0.161. The Bertz CT molecular complexity index is 631. The summed E-state index contributed by atoms with van der Waals surface area (Å²) in [6.07, 6.45) is 0.721. The van der Waals surface area contributed by atoms with Gasteiger partial charge < -0.3 is 10.6 Å². The van der Waals surface area contributed by atoms with Gasteiger partial charge in [0.05, 0.1) is 18.1 Å². The van der Waals surface area contributed by atoms with Crippen LogP contribution < -0.4 is 10.6 Å². The molecule has 2 rings (SSSR count). The molecule has 7 heteroatoms. The largest absolute Gasteiger partial charge is 0.357 e. The summed E-state index contributed by atoms with van der Waals surface area (Å²) in [5.41, 5.74) is 0.963. The Morgan fingerprint density at radius 1 is 1.36 bits per heavy atom. The van der Waals surface area contributed by atoms with E-state index in [4.69, 9.17) is 11.6 Å². The van der Waals surface area contributed by atoms with E-state index in [1.165, 1.54) is 0 Å². The van der Waals surface area contributed by atoms with Crippen LogP contribution in [0.1, 0.15) is 18.9 Å². The van der Waals surface area contributed by atoms with Crippen LogP contribution >= 0.6 is 11.6 Å². The SMILES string of the molecule is CCNC(=NCc1ccccc1Cl)NCC1CCS(=O)(=O)C1. The summed E-state index contributed by atoms with van der Waals surface area (Å²) in [5, 5.41) is 7.08. The number of sulfone groups is 1. The summed E-state index contributed by atoms with van der Waals surface area (Å²) in [6.45, 7) is 3.84. The van der Waals surface area contributed by atoms with Crippen molar-refractivity contribution in [1.29, 1.82) is 0 Å². The van der Waals surface area contributed by atoms with E-state index in [1.807, 2.05) is 31.2 Å². The molecule has 1 heterocycles. The number of guanidine groups is 1. The topological polar surface area (TPSA) is 70.6 Å². The molecule has 0 aliphatic carbocycles. The second kappa shape index (κ2) is 7.83. The van der Waals surface area contributed by atoms with Crippen molar-refractivity contribution >= 4 is 27.4 Å². The van der Waals surface area contributed by atoms with Gasteiger partial charge in [0.15, 0.2) is 15.8 Å². The molecule has 1 atom stereocenters. The number of hydrogen-bond donors (Lipinski definition) is 2.